The summed E-state index contributed by atoms with van der Waals surface area (Å²) in [7, 11) is 0. The second kappa shape index (κ2) is 5.33. The Morgan fingerprint density at radius 2 is 1.10 bits per heavy atom. The van der Waals surface area contributed by atoms with Gasteiger partial charge in [-0.05, 0) is 37.1 Å². The third kappa shape index (κ3) is 2.37. The van der Waals surface area contributed by atoms with E-state index in [1.165, 1.54) is 0 Å². The van der Waals surface area contributed by atoms with E-state index in [9.17, 15) is 0 Å². The molecule has 1 aliphatic heterocycles. The fraction of sp³-hybridized carbons (Fsp3) is 0.250. The molecule has 1 heterocycles. The SMILES string of the molecule is Cc1cccc2c1OCOc1c(C)cccc1OCO2. The third-order valence-electron chi connectivity index (χ3n) is 3.19. The third-order valence-corrected chi connectivity index (χ3v) is 3.19. The van der Waals surface area contributed by atoms with Crippen molar-refractivity contribution < 1.29 is 18.9 Å². The second-order valence-electron chi connectivity index (χ2n) is 4.62. The molecule has 0 atom stereocenters. The van der Waals surface area contributed by atoms with Gasteiger partial charge in [-0.2, -0.15) is 0 Å². The Balaban J connectivity index is 1.91. The first-order valence-electron chi connectivity index (χ1n) is 6.46. The summed E-state index contributed by atoms with van der Waals surface area (Å²) in [6, 6.07) is 11.5. The van der Waals surface area contributed by atoms with Crippen LogP contribution in [-0.2, 0) is 0 Å². The van der Waals surface area contributed by atoms with Crippen molar-refractivity contribution in [1.82, 2.24) is 0 Å². The first-order valence-corrected chi connectivity index (χ1v) is 6.46. The Labute approximate surface area is 117 Å². The molecule has 0 fully saturated rings. The maximum absolute atomic E-state index is 5.70. The van der Waals surface area contributed by atoms with Crippen LogP contribution in [0.3, 0.4) is 0 Å². The van der Waals surface area contributed by atoms with Crippen molar-refractivity contribution >= 4 is 0 Å². The van der Waals surface area contributed by atoms with Crippen molar-refractivity contribution in [3.63, 3.8) is 0 Å². The van der Waals surface area contributed by atoms with Gasteiger partial charge in [-0.15, -0.1) is 0 Å². The number of ether oxygens (including phenoxy) is 4. The van der Waals surface area contributed by atoms with Crippen molar-refractivity contribution in [1.29, 1.82) is 0 Å². The normalized spacial score (nSPS) is 13.7. The Bertz CT molecular complexity index is 568. The molecule has 2 aromatic carbocycles. The predicted molar refractivity (Wildman–Crippen MR) is 74.6 cm³/mol. The van der Waals surface area contributed by atoms with Gasteiger partial charge >= 0.3 is 0 Å². The van der Waals surface area contributed by atoms with E-state index < -0.39 is 0 Å². The lowest BCUT2D eigenvalue weighted by molar-refractivity contribution is 0.0713. The minimum absolute atomic E-state index is 0.111. The Morgan fingerprint density at radius 3 is 1.60 bits per heavy atom. The summed E-state index contributed by atoms with van der Waals surface area (Å²) in [6.07, 6.45) is 0. The highest BCUT2D eigenvalue weighted by Crippen LogP contribution is 2.35. The summed E-state index contributed by atoms with van der Waals surface area (Å²) >= 11 is 0. The van der Waals surface area contributed by atoms with Gasteiger partial charge in [-0.25, -0.2) is 0 Å². The van der Waals surface area contributed by atoms with Gasteiger partial charge in [-0.1, -0.05) is 24.3 Å². The lowest BCUT2D eigenvalue weighted by Crippen LogP contribution is -2.14. The van der Waals surface area contributed by atoms with Gasteiger partial charge in [-0.3, -0.25) is 0 Å². The molecule has 3 rings (SSSR count). The summed E-state index contributed by atoms with van der Waals surface area (Å²) in [5, 5.41) is 0. The zero-order chi connectivity index (χ0) is 13.9. The van der Waals surface area contributed by atoms with Crippen LogP contribution in [0.5, 0.6) is 23.0 Å². The fourth-order valence-corrected chi connectivity index (χ4v) is 2.15. The molecule has 20 heavy (non-hydrogen) atoms. The summed E-state index contributed by atoms with van der Waals surface area (Å²) in [6.45, 7) is 4.16. The van der Waals surface area contributed by atoms with Crippen LogP contribution < -0.4 is 18.9 Å². The van der Waals surface area contributed by atoms with E-state index in [1.807, 2.05) is 50.2 Å². The van der Waals surface area contributed by atoms with Crippen LogP contribution in [0.15, 0.2) is 36.4 Å². The molecule has 1 aliphatic rings. The number of rotatable bonds is 0. The molecule has 0 radical (unpaired) electrons. The zero-order valence-electron chi connectivity index (χ0n) is 11.5. The molecule has 0 aliphatic carbocycles. The molecule has 0 unspecified atom stereocenters. The van der Waals surface area contributed by atoms with Gasteiger partial charge in [0.15, 0.2) is 23.0 Å². The van der Waals surface area contributed by atoms with Crippen molar-refractivity contribution in [2.75, 3.05) is 13.6 Å². The number of hydrogen-bond acceptors (Lipinski definition) is 4. The summed E-state index contributed by atoms with van der Waals surface area (Å²) in [5.74, 6) is 2.69. The minimum atomic E-state index is 0.111. The van der Waals surface area contributed by atoms with Gasteiger partial charge in [0.2, 0.25) is 13.6 Å². The molecule has 2 aromatic rings. The molecular weight excluding hydrogens is 256 g/mol. The summed E-state index contributed by atoms with van der Waals surface area (Å²) in [5.41, 5.74) is 1.99. The largest absolute Gasteiger partial charge is 0.454 e. The van der Waals surface area contributed by atoms with Crippen molar-refractivity contribution in [3.05, 3.63) is 47.5 Å². The zero-order valence-corrected chi connectivity index (χ0v) is 11.5. The van der Waals surface area contributed by atoms with Crippen molar-refractivity contribution in [2.24, 2.45) is 0 Å². The summed E-state index contributed by atoms with van der Waals surface area (Å²) < 4.78 is 22.7. The highest BCUT2D eigenvalue weighted by molar-refractivity contribution is 5.47. The van der Waals surface area contributed by atoms with E-state index in [-0.39, 0.29) is 13.6 Å². The first kappa shape index (κ1) is 12.7. The molecule has 0 bridgehead atoms. The average Bonchev–Trinajstić information content (AvgIpc) is 2.44. The standard InChI is InChI=1S/C16H16O4/c1-11-5-3-7-13-15(11)19-10-20-16-12(2)6-4-8-14(16)18-9-17-13/h3-8H,9-10H2,1-2H3. The average molecular weight is 272 g/mol. The fourth-order valence-electron chi connectivity index (χ4n) is 2.15. The van der Waals surface area contributed by atoms with Crippen LogP contribution in [0.4, 0.5) is 0 Å². The number of para-hydroxylation sites is 2. The van der Waals surface area contributed by atoms with Crippen LogP contribution in [0.25, 0.3) is 0 Å². The van der Waals surface area contributed by atoms with Crippen molar-refractivity contribution in [3.8, 4) is 23.0 Å². The Kier molecular flexibility index (Phi) is 3.37. The number of aryl methyl sites for hydroxylation is 2. The van der Waals surface area contributed by atoms with Gasteiger partial charge in [0.1, 0.15) is 0 Å². The molecule has 0 spiro atoms. The molecule has 0 saturated carbocycles. The number of hydrogen-bond donors (Lipinski definition) is 0. The molecule has 0 N–H and O–H groups in total. The van der Waals surface area contributed by atoms with Crippen LogP contribution in [0, 0.1) is 13.8 Å². The number of fused-ring (bicyclic) bond motifs is 2. The van der Waals surface area contributed by atoms with Crippen LogP contribution in [0.1, 0.15) is 11.1 Å². The monoisotopic (exact) mass is 272 g/mol. The lowest BCUT2D eigenvalue weighted by Gasteiger charge is -2.20. The van der Waals surface area contributed by atoms with Crippen molar-refractivity contribution in [2.45, 2.75) is 13.8 Å². The molecule has 0 aromatic heterocycles. The van der Waals surface area contributed by atoms with E-state index in [1.54, 1.807) is 0 Å². The summed E-state index contributed by atoms with van der Waals surface area (Å²) in [4.78, 5) is 0. The molecule has 104 valence electrons. The Morgan fingerprint density at radius 1 is 0.650 bits per heavy atom. The minimum Gasteiger partial charge on any atom is -0.454 e. The molecule has 4 nitrogen and oxygen atoms in total. The Hall–Kier alpha value is -2.36. The molecule has 4 heteroatoms. The highest BCUT2D eigenvalue weighted by Gasteiger charge is 2.14. The topological polar surface area (TPSA) is 36.9 Å². The van der Waals surface area contributed by atoms with E-state index in [4.69, 9.17) is 18.9 Å². The van der Waals surface area contributed by atoms with Crippen LogP contribution in [-0.4, -0.2) is 13.6 Å². The van der Waals surface area contributed by atoms with E-state index >= 15 is 0 Å². The quantitative estimate of drug-likeness (QED) is 0.736. The maximum Gasteiger partial charge on any atom is 0.231 e. The van der Waals surface area contributed by atoms with Gasteiger partial charge in [0, 0.05) is 0 Å². The van der Waals surface area contributed by atoms with E-state index in [0.717, 1.165) is 11.1 Å². The first-order chi connectivity index (χ1) is 9.75. The smallest absolute Gasteiger partial charge is 0.231 e. The predicted octanol–water partition coefficient (Wildman–Crippen LogP) is 3.45. The van der Waals surface area contributed by atoms with Crippen LogP contribution >= 0.6 is 0 Å². The maximum atomic E-state index is 5.70. The lowest BCUT2D eigenvalue weighted by atomic mass is 10.2. The van der Waals surface area contributed by atoms with E-state index in [0.29, 0.717) is 23.0 Å². The van der Waals surface area contributed by atoms with Gasteiger partial charge in [0.25, 0.3) is 0 Å². The molecular formula is C16H16O4. The van der Waals surface area contributed by atoms with Crippen LogP contribution in [0.2, 0.25) is 0 Å². The number of benzene rings is 2. The van der Waals surface area contributed by atoms with Gasteiger partial charge < -0.3 is 18.9 Å². The molecule has 0 amide bonds. The van der Waals surface area contributed by atoms with E-state index in [2.05, 4.69) is 0 Å². The highest BCUT2D eigenvalue weighted by atomic mass is 16.7. The second-order valence-corrected chi connectivity index (χ2v) is 4.62. The molecule has 0 saturated heterocycles. The van der Waals surface area contributed by atoms with Gasteiger partial charge in [0.05, 0.1) is 0 Å².